The molecule has 0 atom stereocenters. The van der Waals surface area contributed by atoms with Gasteiger partial charge in [-0.2, -0.15) is 29.7 Å². The minimum atomic E-state index is 0. The zero-order chi connectivity index (χ0) is 12.5. The molecule has 4 heteroatoms. The number of hydrogen-bond acceptors (Lipinski definition) is 0. The Labute approximate surface area is 135 Å². The summed E-state index contributed by atoms with van der Waals surface area (Å²) >= 11 is 0. The Bertz CT molecular complexity index is 636. The topological polar surface area (TPSA) is 4.36 Å². The number of rotatable bonds is 1. The number of benzene rings is 2. The molecule has 1 heterocycles. The van der Waals surface area contributed by atoms with E-state index in [-0.39, 0.29) is 26.9 Å². The molecule has 99 valence electrons. The van der Waals surface area contributed by atoms with Crippen molar-refractivity contribution in [2.24, 2.45) is 0 Å². The third kappa shape index (κ3) is 2.89. The maximum absolute atomic E-state index is 7.11. The quantitative estimate of drug-likeness (QED) is 0.550. The van der Waals surface area contributed by atoms with Crippen molar-refractivity contribution in [1.29, 1.82) is 0 Å². The Morgan fingerprint density at radius 2 is 1.90 bits per heavy atom. The van der Waals surface area contributed by atoms with E-state index in [4.69, 9.17) is 6.57 Å². The smallest absolute Gasteiger partial charge is 0.358 e. The zero-order valence-corrected chi connectivity index (χ0v) is 13.3. The molecule has 0 bridgehead atoms. The summed E-state index contributed by atoms with van der Waals surface area (Å²) in [5.74, 6) is 0. The molecule has 1 nitrogen and oxygen atoms in total. The van der Waals surface area contributed by atoms with Crippen LogP contribution in [0.15, 0.2) is 42.5 Å². The van der Waals surface area contributed by atoms with E-state index in [1.54, 1.807) is 0 Å². The van der Waals surface area contributed by atoms with E-state index in [0.717, 1.165) is 11.7 Å². The average Bonchev–Trinajstić information content (AvgIpc) is 2.77. The summed E-state index contributed by atoms with van der Waals surface area (Å²) in [4.78, 5) is 3.51. The van der Waals surface area contributed by atoms with Crippen LogP contribution in [0.4, 0.5) is 5.69 Å². The normalized spacial score (nSPS) is 12.0. The molecule has 0 fully saturated rings. The van der Waals surface area contributed by atoms with Crippen LogP contribution in [0.25, 0.3) is 4.85 Å². The third-order valence-electron chi connectivity index (χ3n) is 3.80. The minimum Gasteiger partial charge on any atom is -0.358 e. The van der Waals surface area contributed by atoms with Gasteiger partial charge in [0.15, 0.2) is 13.4 Å². The number of fused-ring (bicyclic) bond motifs is 1. The summed E-state index contributed by atoms with van der Waals surface area (Å²) in [6, 6.07) is 17.6. The van der Waals surface area contributed by atoms with Gasteiger partial charge in [0, 0.05) is 0 Å². The van der Waals surface area contributed by atoms with Gasteiger partial charge in [0.25, 0.3) is 0 Å². The van der Waals surface area contributed by atoms with Gasteiger partial charge in [-0.15, -0.1) is 0 Å². The summed E-state index contributed by atoms with van der Waals surface area (Å²) in [6.07, 6.45) is 1.12. The molecular weight excluding hydrogens is 331 g/mol. The van der Waals surface area contributed by atoms with Crippen molar-refractivity contribution in [3.05, 3.63) is 67.4 Å². The Morgan fingerprint density at radius 1 is 1.20 bits per heavy atom. The van der Waals surface area contributed by atoms with Crippen molar-refractivity contribution in [3.63, 3.8) is 0 Å². The molecule has 3 rings (SSSR count). The van der Waals surface area contributed by atoms with Gasteiger partial charge in [-0.3, -0.25) is 4.85 Å². The van der Waals surface area contributed by atoms with E-state index in [1.165, 1.54) is 10.9 Å². The van der Waals surface area contributed by atoms with Crippen LogP contribution < -0.4 is 16.4 Å². The van der Waals surface area contributed by atoms with E-state index in [9.17, 15) is 0 Å². The zero-order valence-electron chi connectivity index (χ0n) is 11.7. The molecule has 0 aliphatic carbocycles. The van der Waals surface area contributed by atoms with Crippen molar-refractivity contribution in [3.8, 4) is 0 Å². The monoisotopic (exact) mass is 346 g/mol. The summed E-state index contributed by atoms with van der Waals surface area (Å²) in [5.41, 5.74) is 4.72. The van der Waals surface area contributed by atoms with Gasteiger partial charge < -0.3 is 7.43 Å². The largest absolute Gasteiger partial charge is 2.00 e. The number of nitrogens with zero attached hydrogens (tertiary/aromatic N) is 1. The second kappa shape index (κ2) is 6.91. The average molecular weight is 346 g/mol. The third-order valence-corrected chi connectivity index (χ3v) is 3.80. The number of hydrogen-bond donors (Lipinski definition) is 0. The predicted octanol–water partition coefficient (Wildman–Crippen LogP) is 1.98. The summed E-state index contributed by atoms with van der Waals surface area (Å²) in [5, 5.41) is 0. The van der Waals surface area contributed by atoms with E-state index >= 15 is 0 Å². The molecule has 0 amide bonds. The standard InChI is InChI=1S/C15H12B2N.CH3.Rh/c1-16-11-17(15-9-4-3-8-14(15)16)12-6-5-7-13(10-12)18-2;;/h3-5,7-10H,11H2,1H3;1H3;/q2*-1;+2. The molecule has 0 saturated heterocycles. The van der Waals surface area contributed by atoms with E-state index in [1.807, 2.05) is 18.2 Å². The molecular formula is C16H15B2NRh. The van der Waals surface area contributed by atoms with Gasteiger partial charge in [-0.1, -0.05) is 48.2 Å². The SMILES string of the molecule is [C-]#[N+]c1cc[c-]c(B2CB(C)c3ccccc32)c1.[CH3-].[Rh+2]. The second-order valence-corrected chi connectivity index (χ2v) is 4.93. The molecule has 20 heavy (non-hydrogen) atoms. The molecule has 0 N–H and O–H groups in total. The van der Waals surface area contributed by atoms with Crippen LogP contribution in [0.1, 0.15) is 0 Å². The summed E-state index contributed by atoms with van der Waals surface area (Å²) in [7, 11) is 0. The van der Waals surface area contributed by atoms with Crippen molar-refractivity contribution < 1.29 is 19.5 Å². The van der Waals surface area contributed by atoms with Crippen LogP contribution in [-0.4, -0.2) is 13.4 Å². The summed E-state index contributed by atoms with van der Waals surface area (Å²) in [6.45, 7) is 10.4. The summed E-state index contributed by atoms with van der Waals surface area (Å²) < 4.78 is 0. The van der Waals surface area contributed by atoms with E-state index in [0.29, 0.717) is 19.1 Å². The maximum Gasteiger partial charge on any atom is 2.00 e. The van der Waals surface area contributed by atoms with Crippen LogP contribution in [0, 0.1) is 20.1 Å². The van der Waals surface area contributed by atoms with Gasteiger partial charge in [0.2, 0.25) is 0 Å². The van der Waals surface area contributed by atoms with E-state index < -0.39 is 0 Å². The molecule has 0 aromatic heterocycles. The molecule has 0 saturated carbocycles. The first kappa shape index (κ1) is 16.7. The first-order chi connectivity index (χ1) is 8.79. The fraction of sp³-hybridized carbons (Fsp3) is 0.125. The Kier molecular flexibility index (Phi) is 5.78. The molecule has 2 aromatic carbocycles. The Hall–Kier alpha value is -1.32. The molecule has 0 unspecified atom stereocenters. The second-order valence-electron chi connectivity index (χ2n) is 4.93. The van der Waals surface area contributed by atoms with Crippen LogP contribution in [0.5, 0.6) is 0 Å². The van der Waals surface area contributed by atoms with Crippen LogP contribution in [0.3, 0.4) is 0 Å². The van der Waals surface area contributed by atoms with Gasteiger partial charge in [0.05, 0.1) is 12.3 Å². The fourth-order valence-corrected chi connectivity index (χ4v) is 2.92. The van der Waals surface area contributed by atoms with Gasteiger partial charge in [-0.25, -0.2) is 0 Å². The Morgan fingerprint density at radius 3 is 2.60 bits per heavy atom. The van der Waals surface area contributed by atoms with Crippen molar-refractivity contribution in [2.45, 2.75) is 13.0 Å². The van der Waals surface area contributed by atoms with Crippen LogP contribution in [0.2, 0.25) is 13.0 Å². The fourth-order valence-electron chi connectivity index (χ4n) is 2.92. The molecule has 1 aliphatic rings. The van der Waals surface area contributed by atoms with Crippen LogP contribution >= 0.6 is 0 Å². The first-order valence-electron chi connectivity index (χ1n) is 6.27. The van der Waals surface area contributed by atoms with Crippen molar-refractivity contribution in [1.82, 2.24) is 0 Å². The van der Waals surface area contributed by atoms with Crippen LogP contribution in [-0.2, 0) is 19.5 Å². The molecule has 2 aromatic rings. The molecule has 1 radical (unpaired) electrons. The predicted molar refractivity (Wildman–Crippen MR) is 85.5 cm³/mol. The van der Waals surface area contributed by atoms with Crippen molar-refractivity contribution >= 4 is 35.5 Å². The molecule has 0 spiro atoms. The Balaban J connectivity index is 0.000001000. The minimum absolute atomic E-state index is 0. The maximum atomic E-state index is 7.11. The van der Waals surface area contributed by atoms with Gasteiger partial charge in [0.1, 0.15) is 0 Å². The molecule has 1 aliphatic heterocycles. The van der Waals surface area contributed by atoms with Gasteiger partial charge >= 0.3 is 19.5 Å². The van der Waals surface area contributed by atoms with E-state index in [2.05, 4.69) is 42.0 Å². The first-order valence-corrected chi connectivity index (χ1v) is 6.27. The van der Waals surface area contributed by atoms with Gasteiger partial charge in [-0.05, 0) is 0 Å². The van der Waals surface area contributed by atoms with Crippen molar-refractivity contribution in [2.75, 3.05) is 0 Å².